The highest BCUT2D eigenvalue weighted by molar-refractivity contribution is 14.1. The van der Waals surface area contributed by atoms with Gasteiger partial charge in [-0.15, -0.1) is 0 Å². The molecule has 8 heteroatoms. The van der Waals surface area contributed by atoms with Crippen LogP contribution in [0.2, 0.25) is 5.02 Å². The average Bonchev–Trinajstić information content (AvgIpc) is 2.57. The van der Waals surface area contributed by atoms with E-state index in [4.69, 9.17) is 16.3 Å². The van der Waals surface area contributed by atoms with Crippen LogP contribution in [0.3, 0.4) is 0 Å². The van der Waals surface area contributed by atoms with Crippen molar-refractivity contribution in [3.63, 3.8) is 0 Å². The number of amides is 1. The Bertz CT molecular complexity index is 751. The highest BCUT2D eigenvalue weighted by Gasteiger charge is 2.08. The van der Waals surface area contributed by atoms with Crippen molar-refractivity contribution in [2.45, 2.75) is 0 Å². The van der Waals surface area contributed by atoms with Gasteiger partial charge in [0.1, 0.15) is 0 Å². The number of carbonyl (C=O) groups is 1. The minimum Gasteiger partial charge on any atom is -0.503 e. The largest absolute Gasteiger partial charge is 0.503 e. The van der Waals surface area contributed by atoms with Crippen LogP contribution in [0, 0.1) is 3.57 Å². The maximum atomic E-state index is 11.7. The van der Waals surface area contributed by atoms with Gasteiger partial charge in [0.2, 0.25) is 0 Å². The number of halogens is 2. The van der Waals surface area contributed by atoms with Crippen LogP contribution in [0.15, 0.2) is 41.5 Å². The number of ether oxygens (including phenoxy) is 1. The lowest BCUT2D eigenvalue weighted by Crippen LogP contribution is -2.25. The van der Waals surface area contributed by atoms with Crippen LogP contribution < -0.4 is 15.5 Å². The molecule has 1 amide bonds. The zero-order valence-electron chi connectivity index (χ0n) is 12.7. The molecule has 3 N–H and O–H groups in total. The fourth-order valence-electron chi connectivity index (χ4n) is 1.79. The van der Waals surface area contributed by atoms with Crippen molar-refractivity contribution in [3.05, 3.63) is 50.6 Å². The van der Waals surface area contributed by atoms with E-state index in [0.717, 1.165) is 9.26 Å². The molecule has 24 heavy (non-hydrogen) atoms. The normalized spacial score (nSPS) is 10.6. The highest BCUT2D eigenvalue weighted by atomic mass is 127. The summed E-state index contributed by atoms with van der Waals surface area (Å²) < 4.78 is 6.12. The van der Waals surface area contributed by atoms with E-state index in [1.54, 1.807) is 6.07 Å². The first-order chi connectivity index (χ1) is 11.5. The van der Waals surface area contributed by atoms with Crippen LogP contribution in [0.4, 0.5) is 5.69 Å². The van der Waals surface area contributed by atoms with E-state index >= 15 is 0 Å². The molecule has 0 unspecified atom stereocenters. The van der Waals surface area contributed by atoms with Crippen molar-refractivity contribution in [2.75, 3.05) is 19.0 Å². The number of phenols is 1. The Morgan fingerprint density at radius 3 is 2.75 bits per heavy atom. The first-order valence-corrected chi connectivity index (χ1v) is 8.33. The quantitative estimate of drug-likeness (QED) is 0.352. The summed E-state index contributed by atoms with van der Waals surface area (Å²) in [6.45, 7) is 0.0948. The number of anilines is 1. The highest BCUT2D eigenvalue weighted by Crippen LogP contribution is 2.34. The third kappa shape index (κ3) is 5.27. The number of nitrogens with one attached hydrogen (secondary N) is 2. The smallest absolute Gasteiger partial charge is 0.259 e. The van der Waals surface area contributed by atoms with Crippen LogP contribution in [-0.4, -0.2) is 30.9 Å². The van der Waals surface area contributed by atoms with Gasteiger partial charge in [-0.3, -0.25) is 4.79 Å². The summed E-state index contributed by atoms with van der Waals surface area (Å²) in [6.07, 6.45) is 1.41. The van der Waals surface area contributed by atoms with Gasteiger partial charge in [0.25, 0.3) is 5.91 Å². The molecule has 0 saturated heterocycles. The topological polar surface area (TPSA) is 83.0 Å². The Morgan fingerprint density at radius 1 is 1.38 bits per heavy atom. The molecule has 126 valence electrons. The minimum absolute atomic E-state index is 0.0948. The van der Waals surface area contributed by atoms with E-state index in [2.05, 4.69) is 38.4 Å². The number of hydrazone groups is 1. The van der Waals surface area contributed by atoms with Crippen molar-refractivity contribution in [1.82, 2.24) is 5.43 Å². The van der Waals surface area contributed by atoms with E-state index in [1.165, 1.54) is 19.4 Å². The number of hydrogen-bond acceptors (Lipinski definition) is 5. The molecule has 2 rings (SSSR count). The molecule has 0 aromatic heterocycles. The molecule has 0 radical (unpaired) electrons. The van der Waals surface area contributed by atoms with Crippen molar-refractivity contribution in [1.29, 1.82) is 0 Å². The SMILES string of the molecule is COc1cc(/C=N\NC(=O)CNc2ccc(I)cc2)cc(Cl)c1O. The first-order valence-electron chi connectivity index (χ1n) is 6.87. The lowest BCUT2D eigenvalue weighted by molar-refractivity contribution is -0.119. The molecule has 2 aromatic rings. The number of aromatic hydroxyl groups is 1. The number of methoxy groups -OCH3 is 1. The molecule has 0 heterocycles. The Kier molecular flexibility index (Phi) is 6.68. The van der Waals surface area contributed by atoms with Crippen LogP contribution in [0.25, 0.3) is 0 Å². The zero-order valence-corrected chi connectivity index (χ0v) is 15.6. The van der Waals surface area contributed by atoms with Gasteiger partial charge in [-0.2, -0.15) is 5.10 Å². The monoisotopic (exact) mass is 459 g/mol. The van der Waals surface area contributed by atoms with E-state index < -0.39 is 0 Å². The molecule has 6 nitrogen and oxygen atoms in total. The third-order valence-electron chi connectivity index (χ3n) is 2.97. The molecule has 0 aliphatic rings. The van der Waals surface area contributed by atoms with Crippen molar-refractivity contribution < 1.29 is 14.6 Å². The second kappa shape index (κ2) is 8.74. The molecule has 0 aliphatic heterocycles. The fraction of sp³-hybridized carbons (Fsp3) is 0.125. The number of phenolic OH excluding ortho intramolecular Hbond substituents is 1. The van der Waals surface area contributed by atoms with Crippen molar-refractivity contribution in [3.8, 4) is 11.5 Å². The average molecular weight is 460 g/mol. The lowest BCUT2D eigenvalue weighted by Gasteiger charge is -2.06. The molecule has 0 fully saturated rings. The number of nitrogens with zero attached hydrogens (tertiary/aromatic N) is 1. The van der Waals surface area contributed by atoms with Gasteiger partial charge in [0, 0.05) is 9.26 Å². The summed E-state index contributed by atoms with van der Waals surface area (Å²) in [7, 11) is 1.42. The van der Waals surface area contributed by atoms with Gasteiger partial charge in [0.15, 0.2) is 11.5 Å². The van der Waals surface area contributed by atoms with Crippen LogP contribution in [-0.2, 0) is 4.79 Å². The van der Waals surface area contributed by atoms with Gasteiger partial charge >= 0.3 is 0 Å². The molecular formula is C16H15ClIN3O3. The number of rotatable bonds is 6. The summed E-state index contributed by atoms with van der Waals surface area (Å²) >= 11 is 8.09. The molecule has 0 aliphatic carbocycles. The lowest BCUT2D eigenvalue weighted by atomic mass is 10.2. The van der Waals surface area contributed by atoms with Gasteiger partial charge in [-0.05, 0) is 64.6 Å². The maximum absolute atomic E-state index is 11.7. The Labute approximate surface area is 158 Å². The Balaban J connectivity index is 1.88. The summed E-state index contributed by atoms with van der Waals surface area (Å²) in [5.74, 6) is -0.195. The molecular weight excluding hydrogens is 445 g/mol. The van der Waals surface area contributed by atoms with Gasteiger partial charge in [0.05, 0.1) is 24.9 Å². The Hall–Kier alpha value is -2.00. The van der Waals surface area contributed by atoms with E-state index in [0.29, 0.717) is 5.56 Å². The third-order valence-corrected chi connectivity index (χ3v) is 3.98. The number of benzene rings is 2. The molecule has 0 spiro atoms. The number of carbonyl (C=O) groups excluding carboxylic acids is 1. The number of hydrogen-bond donors (Lipinski definition) is 3. The summed E-state index contributed by atoms with van der Waals surface area (Å²) in [5, 5.41) is 16.6. The zero-order chi connectivity index (χ0) is 17.5. The second-order valence-electron chi connectivity index (χ2n) is 4.71. The molecule has 2 aromatic carbocycles. The van der Waals surface area contributed by atoms with Gasteiger partial charge in [-0.1, -0.05) is 11.6 Å². The predicted molar refractivity (Wildman–Crippen MR) is 103 cm³/mol. The van der Waals surface area contributed by atoms with E-state index in [1.807, 2.05) is 24.3 Å². The van der Waals surface area contributed by atoms with E-state index in [-0.39, 0.29) is 29.0 Å². The predicted octanol–water partition coefficient (Wildman–Crippen LogP) is 3.22. The van der Waals surface area contributed by atoms with E-state index in [9.17, 15) is 9.90 Å². The maximum Gasteiger partial charge on any atom is 0.259 e. The van der Waals surface area contributed by atoms with Gasteiger partial charge < -0.3 is 15.2 Å². The summed E-state index contributed by atoms with van der Waals surface area (Å²) in [6, 6.07) is 10.7. The molecule has 0 atom stereocenters. The van der Waals surface area contributed by atoms with Crippen LogP contribution in [0.1, 0.15) is 5.56 Å². The van der Waals surface area contributed by atoms with Crippen molar-refractivity contribution in [2.24, 2.45) is 5.10 Å². The summed E-state index contributed by atoms with van der Waals surface area (Å²) in [4.78, 5) is 11.7. The van der Waals surface area contributed by atoms with Crippen LogP contribution in [0.5, 0.6) is 11.5 Å². The van der Waals surface area contributed by atoms with Crippen molar-refractivity contribution >= 4 is 52.0 Å². The van der Waals surface area contributed by atoms with Gasteiger partial charge in [-0.25, -0.2) is 5.43 Å². The first kappa shape index (κ1) is 18.3. The molecule has 0 bridgehead atoms. The standard InChI is InChI=1S/C16H15ClIN3O3/c1-24-14-7-10(6-13(17)16(14)23)8-20-21-15(22)9-19-12-4-2-11(18)3-5-12/h2-8,19,23H,9H2,1H3,(H,21,22)/b20-8-. The fourth-order valence-corrected chi connectivity index (χ4v) is 2.37. The second-order valence-corrected chi connectivity index (χ2v) is 6.36. The minimum atomic E-state index is -0.290. The molecule has 0 saturated carbocycles. The van der Waals surface area contributed by atoms with Crippen LogP contribution >= 0.6 is 34.2 Å². The summed E-state index contributed by atoms with van der Waals surface area (Å²) in [5.41, 5.74) is 3.84. The Morgan fingerprint density at radius 2 is 2.08 bits per heavy atom.